The van der Waals surface area contributed by atoms with Gasteiger partial charge >= 0.3 is 5.97 Å². The molecule has 6 heteroatoms. The van der Waals surface area contributed by atoms with E-state index in [-0.39, 0.29) is 17.2 Å². The summed E-state index contributed by atoms with van der Waals surface area (Å²) in [6.07, 6.45) is 1.88. The van der Waals surface area contributed by atoms with Gasteiger partial charge in [0.25, 0.3) is 11.7 Å². The monoisotopic (exact) mass is 376 g/mol. The number of amides is 1. The Kier molecular flexibility index (Phi) is 4.47. The number of primary amides is 1. The lowest BCUT2D eigenvalue weighted by Gasteiger charge is -2.11. The topological polar surface area (TPSA) is 91.4 Å². The molecule has 0 unspecified atom stereocenters. The lowest BCUT2D eigenvalue weighted by atomic mass is 10.0. The number of esters is 1. The van der Waals surface area contributed by atoms with Crippen LogP contribution in [0.3, 0.4) is 0 Å². The summed E-state index contributed by atoms with van der Waals surface area (Å²) in [5, 5.41) is 0.472. The van der Waals surface area contributed by atoms with E-state index in [4.69, 9.17) is 10.5 Å². The van der Waals surface area contributed by atoms with E-state index >= 15 is 0 Å². The van der Waals surface area contributed by atoms with Crippen molar-refractivity contribution in [2.24, 2.45) is 5.73 Å². The molecule has 1 aromatic heterocycles. The molecule has 4 rings (SSSR count). The maximum Gasteiger partial charge on any atom is 0.308 e. The number of ether oxygens (including phenoxy) is 1. The van der Waals surface area contributed by atoms with E-state index in [1.807, 2.05) is 41.0 Å². The Bertz CT molecular complexity index is 1090. The quantitative estimate of drug-likeness (QED) is 0.310. The summed E-state index contributed by atoms with van der Waals surface area (Å²) in [7, 11) is 0. The first-order chi connectivity index (χ1) is 13.5. The molecule has 1 amide bonds. The van der Waals surface area contributed by atoms with Crippen molar-refractivity contribution in [3.8, 4) is 5.75 Å². The molecule has 0 saturated heterocycles. The van der Waals surface area contributed by atoms with Crippen LogP contribution in [0.1, 0.15) is 47.3 Å². The number of hydrogen-bond acceptors (Lipinski definition) is 4. The molecule has 1 saturated carbocycles. The number of nitrogens with zero attached hydrogens (tertiary/aromatic N) is 1. The van der Waals surface area contributed by atoms with E-state index in [9.17, 15) is 14.4 Å². The van der Waals surface area contributed by atoms with Crippen LogP contribution in [0, 0.1) is 0 Å². The Morgan fingerprint density at radius 2 is 1.79 bits per heavy atom. The SMILES string of the molecule is CC(=O)Oc1cccc2c1c(C(=O)C(N)=O)c(C1CC1)n2Cc1ccccc1. The van der Waals surface area contributed by atoms with Gasteiger partial charge in [0.05, 0.1) is 16.5 Å². The van der Waals surface area contributed by atoms with Gasteiger partial charge in [-0.05, 0) is 30.5 Å². The van der Waals surface area contributed by atoms with Gasteiger partial charge in [0.1, 0.15) is 5.75 Å². The standard InChI is InChI=1S/C22H20N2O4/c1-13(25)28-17-9-5-8-16-18(17)19(21(26)22(23)27)20(15-10-11-15)24(16)12-14-6-3-2-4-7-14/h2-9,15H,10-12H2,1H3,(H2,23,27). The molecule has 0 radical (unpaired) electrons. The van der Waals surface area contributed by atoms with Crippen molar-refractivity contribution >= 4 is 28.6 Å². The number of rotatable bonds is 6. The third-order valence-corrected chi connectivity index (χ3v) is 4.94. The zero-order valence-electron chi connectivity index (χ0n) is 15.5. The number of hydrogen-bond donors (Lipinski definition) is 1. The van der Waals surface area contributed by atoms with Gasteiger partial charge in [-0.3, -0.25) is 14.4 Å². The van der Waals surface area contributed by atoms with Gasteiger partial charge in [0, 0.05) is 25.1 Å². The van der Waals surface area contributed by atoms with Crippen LogP contribution in [0.25, 0.3) is 10.9 Å². The zero-order chi connectivity index (χ0) is 19.8. The Hall–Kier alpha value is -3.41. The first kappa shape index (κ1) is 18.0. The van der Waals surface area contributed by atoms with E-state index < -0.39 is 17.7 Å². The number of carbonyl (C=O) groups is 3. The van der Waals surface area contributed by atoms with E-state index in [0.717, 1.165) is 29.6 Å². The van der Waals surface area contributed by atoms with E-state index in [1.54, 1.807) is 12.1 Å². The summed E-state index contributed by atoms with van der Waals surface area (Å²) >= 11 is 0. The number of ketones is 1. The predicted octanol–water partition coefficient (Wildman–Crippen LogP) is 3.16. The molecule has 0 bridgehead atoms. The van der Waals surface area contributed by atoms with Crippen molar-refractivity contribution in [2.75, 3.05) is 0 Å². The predicted molar refractivity (Wildman–Crippen MR) is 104 cm³/mol. The molecule has 28 heavy (non-hydrogen) atoms. The molecule has 2 aromatic carbocycles. The smallest absolute Gasteiger partial charge is 0.308 e. The van der Waals surface area contributed by atoms with Crippen LogP contribution in [0.15, 0.2) is 48.5 Å². The second-order valence-electron chi connectivity index (χ2n) is 7.04. The van der Waals surface area contributed by atoms with Crippen LogP contribution >= 0.6 is 0 Å². The van der Waals surface area contributed by atoms with Crippen LogP contribution in [0.4, 0.5) is 0 Å². The molecule has 1 fully saturated rings. The first-order valence-electron chi connectivity index (χ1n) is 9.19. The lowest BCUT2D eigenvalue weighted by Crippen LogP contribution is -2.24. The summed E-state index contributed by atoms with van der Waals surface area (Å²) in [6.45, 7) is 1.84. The van der Waals surface area contributed by atoms with Crippen molar-refractivity contribution < 1.29 is 19.1 Å². The highest BCUT2D eigenvalue weighted by molar-refractivity contribution is 6.45. The molecule has 142 valence electrons. The fourth-order valence-corrected chi connectivity index (χ4v) is 3.70. The number of fused-ring (bicyclic) bond motifs is 1. The molecular weight excluding hydrogens is 356 g/mol. The molecular formula is C22H20N2O4. The lowest BCUT2D eigenvalue weighted by molar-refractivity contribution is -0.131. The Balaban J connectivity index is 2.02. The Morgan fingerprint density at radius 3 is 2.39 bits per heavy atom. The number of Topliss-reactive ketones (excluding diaryl/α,β-unsaturated/α-hetero) is 1. The molecule has 1 heterocycles. The minimum atomic E-state index is -1.02. The van der Waals surface area contributed by atoms with Gasteiger partial charge in [-0.15, -0.1) is 0 Å². The summed E-state index contributed by atoms with van der Waals surface area (Å²) < 4.78 is 7.41. The second-order valence-corrected chi connectivity index (χ2v) is 7.04. The summed E-state index contributed by atoms with van der Waals surface area (Å²) in [4.78, 5) is 36.2. The molecule has 1 aliphatic carbocycles. The normalized spacial score (nSPS) is 13.5. The van der Waals surface area contributed by atoms with E-state index in [2.05, 4.69) is 0 Å². The largest absolute Gasteiger partial charge is 0.426 e. The average Bonchev–Trinajstić information content (AvgIpc) is 3.45. The van der Waals surface area contributed by atoms with Crippen LogP contribution in [-0.2, 0) is 16.1 Å². The van der Waals surface area contributed by atoms with Crippen LogP contribution in [0.2, 0.25) is 0 Å². The highest BCUT2D eigenvalue weighted by atomic mass is 16.5. The number of aromatic nitrogens is 1. The molecule has 1 aliphatic rings. The van der Waals surface area contributed by atoms with Crippen LogP contribution in [-0.4, -0.2) is 22.2 Å². The van der Waals surface area contributed by atoms with Gasteiger partial charge in [-0.1, -0.05) is 36.4 Å². The Morgan fingerprint density at radius 1 is 1.07 bits per heavy atom. The van der Waals surface area contributed by atoms with Gasteiger partial charge in [0.15, 0.2) is 0 Å². The maximum absolute atomic E-state index is 12.8. The van der Waals surface area contributed by atoms with Crippen LogP contribution < -0.4 is 10.5 Å². The van der Waals surface area contributed by atoms with Crippen molar-refractivity contribution in [1.29, 1.82) is 0 Å². The molecule has 3 aromatic rings. The summed E-state index contributed by atoms with van der Waals surface area (Å²) in [5.74, 6) is -1.81. The van der Waals surface area contributed by atoms with Crippen molar-refractivity contribution in [3.05, 3.63) is 65.4 Å². The Labute approximate surface area is 161 Å². The fourth-order valence-electron chi connectivity index (χ4n) is 3.70. The summed E-state index contributed by atoms with van der Waals surface area (Å²) in [6, 6.07) is 15.1. The third-order valence-electron chi connectivity index (χ3n) is 4.94. The highest BCUT2D eigenvalue weighted by Gasteiger charge is 2.36. The minimum Gasteiger partial charge on any atom is -0.426 e. The first-order valence-corrected chi connectivity index (χ1v) is 9.19. The molecule has 6 nitrogen and oxygen atoms in total. The van der Waals surface area contributed by atoms with Gasteiger partial charge in [-0.2, -0.15) is 0 Å². The van der Waals surface area contributed by atoms with E-state index in [1.165, 1.54) is 6.92 Å². The number of nitrogens with two attached hydrogens (primary N) is 1. The average molecular weight is 376 g/mol. The van der Waals surface area contributed by atoms with Gasteiger partial charge in [0.2, 0.25) is 0 Å². The zero-order valence-corrected chi connectivity index (χ0v) is 15.5. The highest BCUT2D eigenvalue weighted by Crippen LogP contribution is 2.47. The van der Waals surface area contributed by atoms with Gasteiger partial charge < -0.3 is 15.0 Å². The summed E-state index contributed by atoms with van der Waals surface area (Å²) in [5.41, 5.74) is 8.22. The maximum atomic E-state index is 12.8. The second kappa shape index (κ2) is 6.96. The fraction of sp³-hybridized carbons (Fsp3) is 0.227. The van der Waals surface area contributed by atoms with Crippen molar-refractivity contribution in [3.63, 3.8) is 0 Å². The van der Waals surface area contributed by atoms with Crippen LogP contribution in [0.5, 0.6) is 5.75 Å². The molecule has 0 aliphatic heterocycles. The minimum absolute atomic E-state index is 0.180. The molecule has 0 atom stereocenters. The molecule has 2 N–H and O–H groups in total. The molecule has 0 spiro atoms. The van der Waals surface area contributed by atoms with Gasteiger partial charge in [-0.25, -0.2) is 0 Å². The van der Waals surface area contributed by atoms with Crippen molar-refractivity contribution in [1.82, 2.24) is 4.57 Å². The number of carbonyl (C=O) groups excluding carboxylic acids is 3. The number of benzene rings is 2. The third kappa shape index (κ3) is 3.17. The van der Waals surface area contributed by atoms with Crippen molar-refractivity contribution in [2.45, 2.75) is 32.2 Å². The van der Waals surface area contributed by atoms with E-state index in [0.29, 0.717) is 11.9 Å².